The van der Waals surface area contributed by atoms with Crippen LogP contribution in [-0.2, 0) is 24.4 Å². The van der Waals surface area contributed by atoms with Crippen LogP contribution >= 0.6 is 0 Å². The van der Waals surface area contributed by atoms with Crippen LogP contribution in [0.3, 0.4) is 0 Å². The molecule has 4 rings (SSSR count). The molecule has 0 fully saturated rings. The molecule has 0 radical (unpaired) electrons. The molecule has 0 spiro atoms. The Labute approximate surface area is 182 Å². The summed E-state index contributed by atoms with van der Waals surface area (Å²) in [5.41, 5.74) is 4.30. The maximum absolute atomic E-state index is 10.8. The van der Waals surface area contributed by atoms with E-state index in [1.165, 1.54) is 0 Å². The van der Waals surface area contributed by atoms with Crippen LogP contribution < -0.4 is 4.74 Å². The minimum atomic E-state index is -0.742. The molecule has 0 aliphatic carbocycles. The minimum absolute atomic E-state index is 0.199. The maximum atomic E-state index is 10.8. The van der Waals surface area contributed by atoms with Gasteiger partial charge in [0.2, 0.25) is 0 Å². The molecular weight excluding hydrogens is 390 g/mol. The second kappa shape index (κ2) is 9.71. The molecule has 1 aromatic heterocycles. The van der Waals surface area contributed by atoms with Gasteiger partial charge in [-0.3, -0.25) is 9.69 Å². The van der Waals surface area contributed by atoms with Gasteiger partial charge in [-0.15, -0.1) is 0 Å². The Kier molecular flexibility index (Phi) is 6.57. The van der Waals surface area contributed by atoms with Crippen LogP contribution in [0.5, 0.6) is 5.75 Å². The lowest BCUT2D eigenvalue weighted by molar-refractivity contribution is -0.137. The zero-order chi connectivity index (χ0) is 21.6. The van der Waals surface area contributed by atoms with Crippen molar-refractivity contribution in [3.63, 3.8) is 0 Å². The van der Waals surface area contributed by atoms with Gasteiger partial charge in [0.1, 0.15) is 12.4 Å². The molecule has 0 saturated carbocycles. The summed E-state index contributed by atoms with van der Waals surface area (Å²) in [7, 11) is 0. The zero-order valence-corrected chi connectivity index (χ0v) is 17.7. The topological polar surface area (TPSA) is 75.5 Å². The monoisotopic (exact) mass is 417 g/mol. The van der Waals surface area contributed by atoms with Crippen LogP contribution in [0.2, 0.25) is 0 Å². The summed E-state index contributed by atoms with van der Waals surface area (Å²) in [6.45, 7) is 4.28. The Balaban J connectivity index is 1.38. The highest BCUT2D eigenvalue weighted by molar-refractivity contribution is 5.66. The molecule has 2 aromatic carbocycles. The highest BCUT2D eigenvalue weighted by Crippen LogP contribution is 2.24. The molecule has 6 heteroatoms. The molecule has 2 heterocycles. The first-order chi connectivity index (χ1) is 15.1. The Bertz CT molecular complexity index is 1020. The summed E-state index contributed by atoms with van der Waals surface area (Å²) < 4.78 is 5.86. The van der Waals surface area contributed by atoms with E-state index in [1.807, 2.05) is 60.8 Å². The summed E-state index contributed by atoms with van der Waals surface area (Å²) in [5.74, 6) is 0.797. The van der Waals surface area contributed by atoms with Crippen molar-refractivity contribution >= 4 is 5.97 Å². The number of aromatic nitrogens is 2. The van der Waals surface area contributed by atoms with Gasteiger partial charge in [-0.25, -0.2) is 9.97 Å². The summed E-state index contributed by atoms with van der Waals surface area (Å²) in [4.78, 5) is 22.5. The maximum Gasteiger partial charge on any atom is 0.303 e. The fourth-order valence-corrected chi connectivity index (χ4v) is 3.81. The van der Waals surface area contributed by atoms with Crippen LogP contribution in [0.25, 0.3) is 11.4 Å². The van der Waals surface area contributed by atoms with E-state index in [2.05, 4.69) is 16.8 Å². The number of ether oxygens (including phenoxy) is 1. The van der Waals surface area contributed by atoms with Crippen molar-refractivity contribution in [2.75, 3.05) is 6.54 Å². The van der Waals surface area contributed by atoms with Crippen molar-refractivity contribution in [1.29, 1.82) is 0 Å². The molecule has 1 aliphatic heterocycles. The Morgan fingerprint density at radius 1 is 1.16 bits per heavy atom. The number of hydrogen-bond acceptors (Lipinski definition) is 5. The molecule has 1 atom stereocenters. The van der Waals surface area contributed by atoms with Crippen molar-refractivity contribution in [2.24, 2.45) is 0 Å². The third-order valence-corrected chi connectivity index (χ3v) is 5.72. The predicted molar refractivity (Wildman–Crippen MR) is 119 cm³/mol. The highest BCUT2D eigenvalue weighted by atomic mass is 16.5. The smallest absolute Gasteiger partial charge is 0.303 e. The second-order valence-electron chi connectivity index (χ2n) is 7.97. The van der Waals surface area contributed by atoms with Gasteiger partial charge in [0.25, 0.3) is 0 Å². The lowest BCUT2D eigenvalue weighted by Crippen LogP contribution is -2.38. The average Bonchev–Trinajstić information content (AvgIpc) is 2.81. The van der Waals surface area contributed by atoms with Crippen molar-refractivity contribution in [3.8, 4) is 17.1 Å². The van der Waals surface area contributed by atoms with Crippen LogP contribution in [0.1, 0.15) is 36.6 Å². The van der Waals surface area contributed by atoms with Gasteiger partial charge in [0, 0.05) is 49.3 Å². The van der Waals surface area contributed by atoms with E-state index in [4.69, 9.17) is 14.8 Å². The third-order valence-electron chi connectivity index (χ3n) is 5.72. The fourth-order valence-electron chi connectivity index (χ4n) is 3.81. The first-order valence-corrected chi connectivity index (χ1v) is 10.7. The lowest BCUT2D eigenvalue weighted by atomic mass is 10.0. The molecule has 0 saturated heterocycles. The number of nitrogens with zero attached hydrogens (tertiary/aromatic N) is 3. The molecule has 31 heavy (non-hydrogen) atoms. The first-order valence-electron chi connectivity index (χ1n) is 10.7. The van der Waals surface area contributed by atoms with E-state index < -0.39 is 5.97 Å². The van der Waals surface area contributed by atoms with Gasteiger partial charge in [0.05, 0.1) is 5.69 Å². The van der Waals surface area contributed by atoms with Gasteiger partial charge in [-0.2, -0.15) is 0 Å². The molecular formula is C25H27N3O3. The standard InChI is InChI=1S/C25H27N3O3/c1-18(7-12-24(29)30)28-14-13-23-21(16-28)15-26-25(27-23)20-8-10-22(11-9-20)31-17-19-5-3-2-4-6-19/h2-6,8-11,15,18H,7,12-14,16-17H2,1H3,(H,29,30). The van der Waals surface area contributed by atoms with Crippen molar-refractivity contribution in [3.05, 3.63) is 77.6 Å². The molecule has 6 nitrogen and oxygen atoms in total. The molecule has 1 aliphatic rings. The molecule has 160 valence electrons. The largest absolute Gasteiger partial charge is 0.489 e. The van der Waals surface area contributed by atoms with E-state index in [1.54, 1.807) is 0 Å². The summed E-state index contributed by atoms with van der Waals surface area (Å²) in [5, 5.41) is 8.91. The SMILES string of the molecule is CC(CCC(=O)O)N1CCc2nc(-c3ccc(OCc4ccccc4)cc3)ncc2C1. The van der Waals surface area contributed by atoms with E-state index >= 15 is 0 Å². The van der Waals surface area contributed by atoms with Crippen molar-refractivity contribution in [1.82, 2.24) is 14.9 Å². The van der Waals surface area contributed by atoms with Gasteiger partial charge >= 0.3 is 5.97 Å². The van der Waals surface area contributed by atoms with E-state index in [0.29, 0.717) is 13.0 Å². The predicted octanol–water partition coefficient (Wildman–Crippen LogP) is 4.33. The number of fused-ring (bicyclic) bond motifs is 1. The number of carbonyl (C=O) groups is 1. The van der Waals surface area contributed by atoms with E-state index in [9.17, 15) is 4.79 Å². The van der Waals surface area contributed by atoms with Crippen molar-refractivity contribution < 1.29 is 14.6 Å². The molecule has 0 bridgehead atoms. The van der Waals surface area contributed by atoms with Gasteiger partial charge < -0.3 is 9.84 Å². The number of rotatable bonds is 8. The number of aliphatic carboxylic acids is 1. The Morgan fingerprint density at radius 2 is 1.94 bits per heavy atom. The Morgan fingerprint density at radius 3 is 2.68 bits per heavy atom. The number of benzene rings is 2. The number of hydrogen-bond donors (Lipinski definition) is 1. The Hall–Kier alpha value is -3.25. The molecule has 1 N–H and O–H groups in total. The summed E-state index contributed by atoms with van der Waals surface area (Å²) in [6.07, 6.45) is 3.61. The van der Waals surface area contributed by atoms with Crippen LogP contribution in [-0.4, -0.2) is 38.5 Å². The highest BCUT2D eigenvalue weighted by Gasteiger charge is 2.22. The number of carboxylic acid groups (broad SMARTS) is 1. The van der Waals surface area contributed by atoms with Crippen LogP contribution in [0.4, 0.5) is 0 Å². The van der Waals surface area contributed by atoms with Crippen LogP contribution in [0.15, 0.2) is 60.8 Å². The van der Waals surface area contributed by atoms with Crippen molar-refractivity contribution in [2.45, 2.75) is 45.4 Å². The number of carboxylic acids is 1. The summed E-state index contributed by atoms with van der Waals surface area (Å²) >= 11 is 0. The fraction of sp³-hybridized carbons (Fsp3) is 0.320. The lowest BCUT2D eigenvalue weighted by Gasteiger charge is -2.33. The van der Waals surface area contributed by atoms with Crippen LogP contribution in [0, 0.1) is 0 Å². The second-order valence-corrected chi connectivity index (χ2v) is 7.97. The minimum Gasteiger partial charge on any atom is -0.489 e. The van der Waals surface area contributed by atoms with E-state index in [0.717, 1.165) is 53.5 Å². The van der Waals surface area contributed by atoms with Gasteiger partial charge in [0.15, 0.2) is 5.82 Å². The molecule has 3 aromatic rings. The average molecular weight is 418 g/mol. The third kappa shape index (κ3) is 5.47. The van der Waals surface area contributed by atoms with Gasteiger partial charge in [-0.1, -0.05) is 30.3 Å². The summed E-state index contributed by atoms with van der Waals surface area (Å²) in [6, 6.07) is 18.2. The zero-order valence-electron chi connectivity index (χ0n) is 17.7. The molecule has 1 unspecified atom stereocenters. The van der Waals surface area contributed by atoms with E-state index in [-0.39, 0.29) is 12.5 Å². The quantitative estimate of drug-likeness (QED) is 0.588. The normalized spacial score (nSPS) is 14.6. The molecule has 0 amide bonds. The first kappa shape index (κ1) is 21.0. The van der Waals surface area contributed by atoms with Gasteiger partial charge in [-0.05, 0) is 43.2 Å².